The molecule has 0 amide bonds. The van der Waals surface area contributed by atoms with Gasteiger partial charge in [0.25, 0.3) is 0 Å². The normalized spacial score (nSPS) is 10.1. The molecule has 4 heteroatoms. The van der Waals surface area contributed by atoms with Crippen LogP contribution in [0.2, 0.25) is 0 Å². The monoisotopic (exact) mass is 252 g/mol. The number of anilines is 1. The highest BCUT2D eigenvalue weighted by Gasteiger charge is 2.08. The van der Waals surface area contributed by atoms with Gasteiger partial charge in [-0.1, -0.05) is 12.1 Å². The number of benzene rings is 1. The minimum atomic E-state index is 0.381. The molecule has 19 heavy (non-hydrogen) atoms. The highest BCUT2D eigenvalue weighted by atomic mass is 15.2. The maximum atomic E-state index is 9.06. The molecule has 0 N–H and O–H groups in total. The van der Waals surface area contributed by atoms with Gasteiger partial charge in [-0.15, -0.1) is 0 Å². The Kier molecular flexibility index (Phi) is 3.48. The Morgan fingerprint density at radius 1 is 1.05 bits per heavy atom. The molecule has 0 aliphatic carbocycles. The van der Waals surface area contributed by atoms with Gasteiger partial charge in [-0.2, -0.15) is 5.26 Å². The van der Waals surface area contributed by atoms with E-state index in [1.165, 1.54) is 11.1 Å². The number of nitriles is 1. The van der Waals surface area contributed by atoms with Gasteiger partial charge in [0.05, 0.1) is 5.69 Å². The minimum Gasteiger partial charge on any atom is -0.347 e. The maximum absolute atomic E-state index is 9.06. The fourth-order valence-corrected chi connectivity index (χ4v) is 1.74. The van der Waals surface area contributed by atoms with Crippen molar-refractivity contribution >= 4 is 5.95 Å². The lowest BCUT2D eigenvalue weighted by atomic mass is 10.0. The second-order valence-corrected chi connectivity index (χ2v) is 4.74. The Bertz CT molecular complexity index is 654. The van der Waals surface area contributed by atoms with Crippen LogP contribution in [0, 0.1) is 25.2 Å². The topological polar surface area (TPSA) is 52.8 Å². The molecule has 2 rings (SSSR count). The summed E-state index contributed by atoms with van der Waals surface area (Å²) >= 11 is 0. The van der Waals surface area contributed by atoms with Crippen molar-refractivity contribution in [1.82, 2.24) is 9.97 Å². The molecule has 1 heterocycles. The van der Waals surface area contributed by atoms with Crippen molar-refractivity contribution < 1.29 is 0 Å². The van der Waals surface area contributed by atoms with Gasteiger partial charge in [0.1, 0.15) is 11.8 Å². The van der Waals surface area contributed by atoms with Crippen LogP contribution in [0.4, 0.5) is 5.95 Å². The van der Waals surface area contributed by atoms with Crippen molar-refractivity contribution in [1.29, 1.82) is 5.26 Å². The summed E-state index contributed by atoms with van der Waals surface area (Å²) in [6, 6.07) is 9.96. The summed E-state index contributed by atoms with van der Waals surface area (Å²) in [6.45, 7) is 4.14. The van der Waals surface area contributed by atoms with Gasteiger partial charge in [-0.05, 0) is 31.0 Å². The van der Waals surface area contributed by atoms with Crippen molar-refractivity contribution in [2.24, 2.45) is 0 Å². The van der Waals surface area contributed by atoms with E-state index in [9.17, 15) is 0 Å². The van der Waals surface area contributed by atoms with E-state index in [4.69, 9.17) is 5.26 Å². The standard InChI is InChI=1S/C15H16N4/c1-10-5-6-12(7-11(10)2)14-8-13(9-16)17-15(18-14)19(3)4/h5-8H,1-4H3. The summed E-state index contributed by atoms with van der Waals surface area (Å²) in [6.07, 6.45) is 0. The molecule has 1 aromatic carbocycles. The Hall–Kier alpha value is -2.41. The fraction of sp³-hybridized carbons (Fsp3) is 0.267. The predicted molar refractivity (Wildman–Crippen MR) is 76.0 cm³/mol. The number of aryl methyl sites for hydroxylation is 2. The first-order valence-corrected chi connectivity index (χ1v) is 6.05. The summed E-state index contributed by atoms with van der Waals surface area (Å²) < 4.78 is 0. The number of rotatable bonds is 2. The molecular formula is C15H16N4. The van der Waals surface area contributed by atoms with E-state index in [1.54, 1.807) is 11.0 Å². The third kappa shape index (κ3) is 2.71. The second-order valence-electron chi connectivity index (χ2n) is 4.74. The van der Waals surface area contributed by atoms with Crippen LogP contribution in [0.5, 0.6) is 0 Å². The smallest absolute Gasteiger partial charge is 0.226 e. The van der Waals surface area contributed by atoms with Gasteiger partial charge < -0.3 is 4.90 Å². The number of aromatic nitrogens is 2. The third-order valence-electron chi connectivity index (χ3n) is 3.03. The molecule has 0 unspecified atom stereocenters. The quantitative estimate of drug-likeness (QED) is 0.824. The van der Waals surface area contributed by atoms with Gasteiger partial charge >= 0.3 is 0 Å². The first-order chi connectivity index (χ1) is 9.01. The molecule has 0 atom stereocenters. The van der Waals surface area contributed by atoms with Crippen LogP contribution in [0.1, 0.15) is 16.8 Å². The molecule has 0 radical (unpaired) electrons. The summed E-state index contributed by atoms with van der Waals surface area (Å²) in [7, 11) is 3.72. The molecule has 0 saturated heterocycles. The van der Waals surface area contributed by atoms with Crippen LogP contribution < -0.4 is 4.90 Å². The van der Waals surface area contributed by atoms with Gasteiger partial charge in [0, 0.05) is 25.7 Å². The molecule has 1 aromatic heterocycles. The van der Waals surface area contributed by atoms with E-state index < -0.39 is 0 Å². The first kappa shape index (κ1) is 13.0. The van der Waals surface area contributed by atoms with Gasteiger partial charge in [-0.3, -0.25) is 0 Å². The Morgan fingerprint density at radius 3 is 2.37 bits per heavy atom. The Balaban J connectivity index is 2.58. The molecule has 0 aliphatic rings. The van der Waals surface area contributed by atoms with E-state index in [0.717, 1.165) is 11.3 Å². The van der Waals surface area contributed by atoms with E-state index in [-0.39, 0.29) is 0 Å². The summed E-state index contributed by atoms with van der Waals surface area (Å²) in [5.74, 6) is 0.548. The highest BCUT2D eigenvalue weighted by molar-refractivity contribution is 5.63. The van der Waals surface area contributed by atoms with Crippen LogP contribution >= 0.6 is 0 Å². The van der Waals surface area contributed by atoms with Gasteiger partial charge in [0.15, 0.2) is 0 Å². The van der Waals surface area contributed by atoms with E-state index in [0.29, 0.717) is 11.6 Å². The number of hydrogen-bond acceptors (Lipinski definition) is 4. The van der Waals surface area contributed by atoms with Crippen molar-refractivity contribution in [3.8, 4) is 17.3 Å². The molecule has 0 saturated carbocycles. The molecule has 4 nitrogen and oxygen atoms in total. The van der Waals surface area contributed by atoms with Crippen LogP contribution in [0.3, 0.4) is 0 Å². The zero-order chi connectivity index (χ0) is 14.0. The van der Waals surface area contributed by atoms with E-state index >= 15 is 0 Å². The molecule has 96 valence electrons. The zero-order valence-corrected chi connectivity index (χ0v) is 11.6. The van der Waals surface area contributed by atoms with E-state index in [2.05, 4.69) is 42.0 Å². The van der Waals surface area contributed by atoms with Crippen LogP contribution in [0.15, 0.2) is 24.3 Å². The van der Waals surface area contributed by atoms with E-state index in [1.807, 2.05) is 20.2 Å². The summed E-state index contributed by atoms with van der Waals surface area (Å²) in [5.41, 5.74) is 4.61. The van der Waals surface area contributed by atoms with Gasteiger partial charge in [-0.25, -0.2) is 9.97 Å². The number of hydrogen-bond donors (Lipinski definition) is 0. The lowest BCUT2D eigenvalue weighted by Gasteiger charge is -2.12. The average molecular weight is 252 g/mol. The molecule has 0 bridgehead atoms. The van der Waals surface area contributed by atoms with Crippen LogP contribution in [-0.2, 0) is 0 Å². The SMILES string of the molecule is Cc1ccc(-c2cc(C#N)nc(N(C)C)n2)cc1C. The molecule has 0 aliphatic heterocycles. The van der Waals surface area contributed by atoms with Crippen molar-refractivity contribution in [2.75, 3.05) is 19.0 Å². The van der Waals surface area contributed by atoms with Gasteiger partial charge in [0.2, 0.25) is 5.95 Å². The predicted octanol–water partition coefficient (Wildman–Crippen LogP) is 2.70. The van der Waals surface area contributed by atoms with Crippen molar-refractivity contribution in [2.45, 2.75) is 13.8 Å². The summed E-state index contributed by atoms with van der Waals surface area (Å²) in [4.78, 5) is 10.5. The fourth-order valence-electron chi connectivity index (χ4n) is 1.74. The first-order valence-electron chi connectivity index (χ1n) is 6.05. The Labute approximate surface area is 113 Å². The minimum absolute atomic E-state index is 0.381. The highest BCUT2D eigenvalue weighted by Crippen LogP contribution is 2.22. The molecule has 0 fully saturated rings. The van der Waals surface area contributed by atoms with Crippen LogP contribution in [-0.4, -0.2) is 24.1 Å². The molecule has 2 aromatic rings. The largest absolute Gasteiger partial charge is 0.347 e. The van der Waals surface area contributed by atoms with Crippen LogP contribution in [0.25, 0.3) is 11.3 Å². The zero-order valence-electron chi connectivity index (χ0n) is 11.6. The molecule has 0 spiro atoms. The lowest BCUT2D eigenvalue weighted by Crippen LogP contribution is -2.13. The third-order valence-corrected chi connectivity index (χ3v) is 3.03. The van der Waals surface area contributed by atoms with Crippen molar-refractivity contribution in [3.63, 3.8) is 0 Å². The average Bonchev–Trinajstić information content (AvgIpc) is 2.41. The Morgan fingerprint density at radius 2 is 1.79 bits per heavy atom. The second kappa shape index (κ2) is 5.07. The summed E-state index contributed by atoms with van der Waals surface area (Å²) in [5, 5.41) is 9.06. The van der Waals surface area contributed by atoms with Crippen molar-refractivity contribution in [3.05, 3.63) is 41.1 Å². The molecular weight excluding hydrogens is 236 g/mol. The number of nitrogens with zero attached hydrogens (tertiary/aromatic N) is 4. The maximum Gasteiger partial charge on any atom is 0.226 e. The lowest BCUT2D eigenvalue weighted by molar-refractivity contribution is 0.993.